The van der Waals surface area contributed by atoms with Crippen LogP contribution in [0.4, 0.5) is 5.69 Å². The van der Waals surface area contributed by atoms with Crippen LogP contribution < -0.4 is 4.90 Å². The van der Waals surface area contributed by atoms with Gasteiger partial charge in [0.1, 0.15) is 0 Å². The van der Waals surface area contributed by atoms with Crippen LogP contribution in [0.1, 0.15) is 31.1 Å². The fourth-order valence-electron chi connectivity index (χ4n) is 1.69. The summed E-state index contributed by atoms with van der Waals surface area (Å²) in [6, 6.07) is 7.72. The lowest BCUT2D eigenvalue weighted by molar-refractivity contribution is 0.0941. The van der Waals surface area contributed by atoms with Crippen LogP contribution in [-0.4, -0.2) is 11.4 Å². The van der Waals surface area contributed by atoms with Gasteiger partial charge in [0.2, 0.25) is 0 Å². The number of anilines is 1. The van der Waals surface area contributed by atoms with E-state index in [9.17, 15) is 4.79 Å². The van der Waals surface area contributed by atoms with Crippen LogP contribution in [0.3, 0.4) is 0 Å². The highest BCUT2D eigenvalue weighted by atomic mass is 16.2. The Balaban J connectivity index is 2.46. The van der Waals surface area contributed by atoms with Gasteiger partial charge in [0.15, 0.2) is 0 Å². The molecule has 13 heavy (non-hydrogen) atoms. The lowest BCUT2D eigenvalue weighted by Crippen LogP contribution is -2.52. The fraction of sp³-hybridized carbons (Fsp3) is 0.364. The number of amides is 1. The molecule has 0 aliphatic carbocycles. The van der Waals surface area contributed by atoms with E-state index in [1.807, 2.05) is 49.9 Å². The smallest absolute Gasteiger partial charge is 0.260 e. The first-order valence-corrected chi connectivity index (χ1v) is 4.45. The van der Waals surface area contributed by atoms with Crippen LogP contribution in [0.15, 0.2) is 24.3 Å². The SMILES string of the molecule is CC(C)(C)N1C(=O)c2ccccc21. The number of hydrogen-bond acceptors (Lipinski definition) is 1. The molecule has 1 heterocycles. The number of hydrogen-bond donors (Lipinski definition) is 0. The van der Waals surface area contributed by atoms with E-state index in [1.54, 1.807) is 0 Å². The van der Waals surface area contributed by atoms with Gasteiger partial charge in [-0.05, 0) is 32.9 Å². The molecule has 0 spiro atoms. The van der Waals surface area contributed by atoms with Gasteiger partial charge in [-0.15, -0.1) is 0 Å². The monoisotopic (exact) mass is 175 g/mol. The quantitative estimate of drug-likeness (QED) is 0.593. The van der Waals surface area contributed by atoms with Gasteiger partial charge in [0.25, 0.3) is 5.91 Å². The molecule has 0 unspecified atom stereocenters. The van der Waals surface area contributed by atoms with Crippen LogP contribution in [-0.2, 0) is 0 Å². The second-order valence-corrected chi connectivity index (χ2v) is 4.33. The van der Waals surface area contributed by atoms with Crippen LogP contribution in [0.2, 0.25) is 0 Å². The number of benzene rings is 1. The summed E-state index contributed by atoms with van der Waals surface area (Å²) in [4.78, 5) is 13.5. The molecule has 1 aliphatic heterocycles. The van der Waals surface area contributed by atoms with Crippen molar-refractivity contribution < 1.29 is 4.79 Å². The molecule has 2 nitrogen and oxygen atoms in total. The minimum absolute atomic E-state index is 0.106. The molecule has 0 saturated carbocycles. The summed E-state index contributed by atoms with van der Waals surface area (Å²) in [5.41, 5.74) is 1.79. The van der Waals surface area contributed by atoms with E-state index in [0.717, 1.165) is 11.3 Å². The molecule has 0 saturated heterocycles. The topological polar surface area (TPSA) is 20.3 Å². The number of rotatable bonds is 0. The zero-order valence-corrected chi connectivity index (χ0v) is 8.16. The van der Waals surface area contributed by atoms with Crippen molar-refractivity contribution in [3.63, 3.8) is 0 Å². The van der Waals surface area contributed by atoms with Crippen LogP contribution in [0, 0.1) is 0 Å². The van der Waals surface area contributed by atoms with Gasteiger partial charge in [-0.2, -0.15) is 0 Å². The molecule has 0 aromatic heterocycles. The highest BCUT2D eigenvalue weighted by Crippen LogP contribution is 2.37. The van der Waals surface area contributed by atoms with Crippen LogP contribution in [0.25, 0.3) is 0 Å². The Morgan fingerprint density at radius 3 is 2.38 bits per heavy atom. The van der Waals surface area contributed by atoms with E-state index >= 15 is 0 Å². The predicted molar refractivity (Wildman–Crippen MR) is 53.0 cm³/mol. The normalized spacial score (nSPS) is 15.3. The van der Waals surface area contributed by atoms with E-state index in [-0.39, 0.29) is 11.4 Å². The van der Waals surface area contributed by atoms with Gasteiger partial charge in [-0.1, -0.05) is 12.1 Å². The van der Waals surface area contributed by atoms with E-state index in [2.05, 4.69) is 0 Å². The van der Waals surface area contributed by atoms with Crippen molar-refractivity contribution in [3.8, 4) is 0 Å². The van der Waals surface area contributed by atoms with Gasteiger partial charge < -0.3 is 4.90 Å². The summed E-state index contributed by atoms with van der Waals surface area (Å²) in [6.45, 7) is 6.13. The molecule has 1 aromatic rings. The van der Waals surface area contributed by atoms with Gasteiger partial charge >= 0.3 is 0 Å². The Hall–Kier alpha value is -1.31. The zero-order chi connectivity index (χ0) is 9.64. The van der Waals surface area contributed by atoms with E-state index in [0.29, 0.717) is 0 Å². The second-order valence-electron chi connectivity index (χ2n) is 4.33. The highest BCUT2D eigenvalue weighted by molar-refractivity contribution is 6.20. The predicted octanol–water partition coefficient (Wildman–Crippen LogP) is 2.45. The third kappa shape index (κ3) is 1.05. The molecule has 0 bridgehead atoms. The number of para-hydroxylation sites is 1. The summed E-state index contributed by atoms with van der Waals surface area (Å²) in [7, 11) is 0. The molecule has 0 radical (unpaired) electrons. The van der Waals surface area contributed by atoms with Crippen molar-refractivity contribution in [2.75, 3.05) is 4.90 Å². The Labute approximate surface area is 78.2 Å². The maximum absolute atomic E-state index is 11.6. The van der Waals surface area contributed by atoms with Crippen molar-refractivity contribution >= 4 is 11.6 Å². The van der Waals surface area contributed by atoms with Gasteiger partial charge in [0.05, 0.1) is 11.3 Å². The average Bonchev–Trinajstić information content (AvgIpc) is 2.00. The number of carbonyl (C=O) groups is 1. The van der Waals surface area contributed by atoms with Crippen molar-refractivity contribution in [3.05, 3.63) is 29.8 Å². The number of carbonyl (C=O) groups excluding carboxylic acids is 1. The molecule has 0 atom stereocenters. The molecular weight excluding hydrogens is 162 g/mol. The van der Waals surface area contributed by atoms with Crippen molar-refractivity contribution in [2.45, 2.75) is 26.3 Å². The third-order valence-electron chi connectivity index (χ3n) is 2.25. The fourth-order valence-corrected chi connectivity index (χ4v) is 1.69. The summed E-state index contributed by atoms with van der Waals surface area (Å²) in [5, 5.41) is 0. The van der Waals surface area contributed by atoms with Gasteiger partial charge in [-0.25, -0.2) is 0 Å². The summed E-state index contributed by atoms with van der Waals surface area (Å²) >= 11 is 0. The number of nitrogens with zero attached hydrogens (tertiary/aromatic N) is 1. The average molecular weight is 175 g/mol. The van der Waals surface area contributed by atoms with Crippen LogP contribution in [0.5, 0.6) is 0 Å². The first-order chi connectivity index (χ1) is 6.02. The third-order valence-corrected chi connectivity index (χ3v) is 2.25. The molecule has 0 fully saturated rings. The first kappa shape index (κ1) is 8.30. The molecule has 2 rings (SSSR count). The highest BCUT2D eigenvalue weighted by Gasteiger charge is 2.39. The number of fused-ring (bicyclic) bond motifs is 1. The minimum atomic E-state index is -0.106. The minimum Gasteiger partial charge on any atom is -0.302 e. The largest absolute Gasteiger partial charge is 0.302 e. The Morgan fingerprint density at radius 2 is 1.77 bits per heavy atom. The molecule has 2 heteroatoms. The van der Waals surface area contributed by atoms with Gasteiger partial charge in [0, 0.05) is 5.54 Å². The maximum Gasteiger partial charge on any atom is 0.260 e. The molecule has 1 aliphatic rings. The Morgan fingerprint density at radius 1 is 1.15 bits per heavy atom. The summed E-state index contributed by atoms with van der Waals surface area (Å²) in [6.07, 6.45) is 0. The van der Waals surface area contributed by atoms with Gasteiger partial charge in [-0.3, -0.25) is 4.79 Å². The first-order valence-electron chi connectivity index (χ1n) is 4.45. The summed E-state index contributed by atoms with van der Waals surface area (Å²) in [5.74, 6) is 0.142. The van der Waals surface area contributed by atoms with Crippen LogP contribution >= 0.6 is 0 Å². The molecule has 68 valence electrons. The van der Waals surface area contributed by atoms with E-state index in [4.69, 9.17) is 0 Å². The standard InChI is InChI=1S/C11H13NO/c1-11(2,3)12-9-7-5-4-6-8(9)10(12)13/h4-7H,1-3H3. The van der Waals surface area contributed by atoms with E-state index in [1.165, 1.54) is 0 Å². The molecule has 0 N–H and O–H groups in total. The van der Waals surface area contributed by atoms with E-state index < -0.39 is 0 Å². The van der Waals surface area contributed by atoms with Crippen molar-refractivity contribution in [2.24, 2.45) is 0 Å². The van der Waals surface area contributed by atoms with Crippen molar-refractivity contribution in [1.29, 1.82) is 0 Å². The molecular formula is C11H13NO. The summed E-state index contributed by atoms with van der Waals surface area (Å²) < 4.78 is 0. The molecule has 1 amide bonds. The van der Waals surface area contributed by atoms with Crippen molar-refractivity contribution in [1.82, 2.24) is 0 Å². The zero-order valence-electron chi connectivity index (χ0n) is 8.16. The maximum atomic E-state index is 11.6. The molecule has 1 aromatic carbocycles. The lowest BCUT2D eigenvalue weighted by Gasteiger charge is -2.43. The lowest BCUT2D eigenvalue weighted by atomic mass is 9.94. The second kappa shape index (κ2) is 2.34. The Bertz CT molecular complexity index is 363. The Kier molecular flexibility index (Phi) is 1.50.